The molecule has 0 saturated heterocycles. The Morgan fingerprint density at radius 1 is 1.05 bits per heavy atom. The van der Waals surface area contributed by atoms with Crippen molar-refractivity contribution in [1.82, 2.24) is 28.9 Å². The Labute approximate surface area is 235 Å². The summed E-state index contributed by atoms with van der Waals surface area (Å²) in [7, 11) is -4.16. The molecule has 2 aliphatic carbocycles. The average Bonchev–Trinajstić information content (AvgIpc) is 3.35. The van der Waals surface area contributed by atoms with E-state index in [0.29, 0.717) is 23.2 Å². The van der Waals surface area contributed by atoms with Crippen molar-refractivity contribution in [2.75, 3.05) is 10.6 Å². The first-order valence-corrected chi connectivity index (χ1v) is 14.8. The van der Waals surface area contributed by atoms with Gasteiger partial charge in [-0.05, 0) is 63.3 Å². The molecule has 0 aliphatic heterocycles. The van der Waals surface area contributed by atoms with E-state index >= 15 is 0 Å². The predicted molar refractivity (Wildman–Crippen MR) is 152 cm³/mol. The number of anilines is 2. The molecule has 4 aromatic rings. The zero-order valence-electron chi connectivity index (χ0n) is 22.2. The van der Waals surface area contributed by atoms with Crippen LogP contribution in [-0.2, 0) is 10.0 Å². The average molecular weight is 579 g/mol. The van der Waals surface area contributed by atoms with Crippen LogP contribution in [0.3, 0.4) is 0 Å². The fraction of sp³-hybridized carbons (Fsp3) is 0.321. The molecule has 13 heteroatoms. The Morgan fingerprint density at radius 3 is 2.66 bits per heavy atom. The van der Waals surface area contributed by atoms with Gasteiger partial charge in [-0.1, -0.05) is 6.08 Å². The number of allylic oxidation sites excluding steroid dienone is 3. The summed E-state index contributed by atoms with van der Waals surface area (Å²) in [5.74, 6) is -0.385. The second kappa shape index (κ2) is 10.6. The molecule has 3 atom stereocenters. The normalized spacial score (nSPS) is 22.9. The summed E-state index contributed by atoms with van der Waals surface area (Å²) in [4.78, 5) is 21.3. The number of nitrogens with one attached hydrogen (secondary N) is 2. The van der Waals surface area contributed by atoms with Crippen molar-refractivity contribution < 1.29 is 17.2 Å². The smallest absolute Gasteiger partial charge is 0.249 e. The highest BCUT2D eigenvalue weighted by molar-refractivity contribution is 7.91. The number of aromatic nitrogens is 6. The highest BCUT2D eigenvalue weighted by atomic mass is 32.2. The van der Waals surface area contributed by atoms with E-state index in [-0.39, 0.29) is 35.8 Å². The minimum absolute atomic E-state index is 0.0298. The van der Waals surface area contributed by atoms with E-state index < -0.39 is 26.4 Å². The number of fused-ring (bicyclic) bond motifs is 1. The predicted octanol–water partition coefficient (Wildman–Crippen LogP) is 5.01. The van der Waals surface area contributed by atoms with Gasteiger partial charge in [0.05, 0.1) is 12.4 Å². The van der Waals surface area contributed by atoms with Gasteiger partial charge in [-0.2, -0.15) is 0 Å². The highest BCUT2D eigenvalue weighted by Gasteiger charge is 2.41. The van der Waals surface area contributed by atoms with Gasteiger partial charge in [0.25, 0.3) is 0 Å². The first kappa shape index (κ1) is 26.9. The topological polar surface area (TPSA) is 128 Å². The Hall–Kier alpha value is -4.26. The summed E-state index contributed by atoms with van der Waals surface area (Å²) in [5, 5.41) is 7.07. The lowest BCUT2D eigenvalue weighted by atomic mass is 9.91. The van der Waals surface area contributed by atoms with E-state index in [1.165, 1.54) is 31.5 Å². The molecule has 6 rings (SSSR count). The van der Waals surface area contributed by atoms with Gasteiger partial charge in [-0.15, -0.1) is 0 Å². The molecular formula is C28H28F2N8O2S. The zero-order valence-corrected chi connectivity index (χ0v) is 23.0. The summed E-state index contributed by atoms with van der Waals surface area (Å²) in [6, 6.07) is 3.45. The summed E-state index contributed by atoms with van der Waals surface area (Å²) in [6.45, 7) is 1.47. The maximum atomic E-state index is 14.9. The fourth-order valence-corrected chi connectivity index (χ4v) is 7.06. The molecule has 4 heterocycles. The van der Waals surface area contributed by atoms with Gasteiger partial charge in [0.2, 0.25) is 10.0 Å². The van der Waals surface area contributed by atoms with E-state index in [4.69, 9.17) is 0 Å². The van der Waals surface area contributed by atoms with Crippen LogP contribution in [0.15, 0.2) is 73.4 Å². The quantitative estimate of drug-likeness (QED) is 0.311. The van der Waals surface area contributed by atoms with Gasteiger partial charge in [-0.25, -0.2) is 41.1 Å². The monoisotopic (exact) mass is 578 g/mol. The van der Waals surface area contributed by atoms with Crippen LogP contribution in [-0.4, -0.2) is 54.1 Å². The van der Waals surface area contributed by atoms with Crippen LogP contribution in [0, 0.1) is 5.82 Å². The number of halogens is 2. The van der Waals surface area contributed by atoms with E-state index in [1.54, 1.807) is 30.7 Å². The Kier molecular flexibility index (Phi) is 6.98. The lowest BCUT2D eigenvalue weighted by Crippen LogP contribution is -2.38. The van der Waals surface area contributed by atoms with Gasteiger partial charge in [-0.3, -0.25) is 4.98 Å². The summed E-state index contributed by atoms with van der Waals surface area (Å²) >= 11 is 0. The molecule has 0 radical (unpaired) electrons. The van der Waals surface area contributed by atoms with Crippen LogP contribution in [0.25, 0.3) is 22.4 Å². The molecule has 0 amide bonds. The van der Waals surface area contributed by atoms with E-state index in [2.05, 4.69) is 35.6 Å². The highest BCUT2D eigenvalue weighted by Crippen LogP contribution is 2.36. The lowest BCUT2D eigenvalue weighted by Gasteiger charge is -2.31. The van der Waals surface area contributed by atoms with Crippen LogP contribution in [0.5, 0.6) is 0 Å². The molecule has 2 aliphatic rings. The number of hydrogen-bond acceptors (Lipinski definition) is 9. The van der Waals surface area contributed by atoms with Crippen molar-refractivity contribution in [2.24, 2.45) is 0 Å². The van der Waals surface area contributed by atoms with Gasteiger partial charge < -0.3 is 10.6 Å². The largest absolute Gasteiger partial charge is 0.366 e. The first-order valence-electron chi connectivity index (χ1n) is 13.3. The van der Waals surface area contributed by atoms with Crippen molar-refractivity contribution >= 4 is 32.7 Å². The van der Waals surface area contributed by atoms with Crippen LogP contribution in [0.1, 0.15) is 39.0 Å². The van der Waals surface area contributed by atoms with Crippen molar-refractivity contribution in [2.45, 2.75) is 55.9 Å². The molecule has 4 aromatic heterocycles. The Morgan fingerprint density at radius 2 is 1.88 bits per heavy atom. The third-order valence-corrected chi connectivity index (χ3v) is 9.80. The Bertz CT molecular complexity index is 1760. The molecular weight excluding hydrogens is 550 g/mol. The van der Waals surface area contributed by atoms with Crippen LogP contribution in [0.2, 0.25) is 0 Å². The SMILES string of the molecule is CC1(S(=O)(=O)n2cc(-c3ncc(F)c(N[C@H]4CCC[C@@H](Nc5cnccn5)C4)n3)c3cccnc32)C=C(F)C=CC1. The van der Waals surface area contributed by atoms with E-state index in [1.807, 2.05) is 0 Å². The molecule has 1 fully saturated rings. The Balaban J connectivity index is 1.31. The number of hydrogen-bond donors (Lipinski definition) is 2. The van der Waals surface area contributed by atoms with Crippen molar-refractivity contribution in [3.8, 4) is 11.4 Å². The van der Waals surface area contributed by atoms with Crippen molar-refractivity contribution in [3.63, 3.8) is 0 Å². The lowest BCUT2D eigenvalue weighted by molar-refractivity contribution is 0.424. The molecule has 0 spiro atoms. The van der Waals surface area contributed by atoms with Gasteiger partial charge in [0.1, 0.15) is 16.4 Å². The first-order chi connectivity index (χ1) is 19.7. The van der Waals surface area contributed by atoms with Crippen LogP contribution >= 0.6 is 0 Å². The fourth-order valence-electron chi connectivity index (χ4n) is 5.43. The zero-order chi connectivity index (χ0) is 28.6. The second-order valence-electron chi connectivity index (χ2n) is 10.5. The maximum absolute atomic E-state index is 14.9. The minimum atomic E-state index is -4.16. The molecule has 41 heavy (non-hydrogen) atoms. The van der Waals surface area contributed by atoms with Gasteiger partial charge in [0.15, 0.2) is 23.1 Å². The van der Waals surface area contributed by atoms with E-state index in [9.17, 15) is 17.2 Å². The third-order valence-electron chi connectivity index (χ3n) is 7.54. The number of rotatable bonds is 7. The van der Waals surface area contributed by atoms with Gasteiger partial charge >= 0.3 is 0 Å². The molecule has 212 valence electrons. The molecule has 1 saturated carbocycles. The molecule has 0 aromatic carbocycles. The van der Waals surface area contributed by atoms with Gasteiger partial charge in [0, 0.05) is 47.8 Å². The third kappa shape index (κ3) is 5.17. The molecule has 1 unspecified atom stereocenters. The second-order valence-corrected chi connectivity index (χ2v) is 12.8. The maximum Gasteiger partial charge on any atom is 0.249 e. The van der Waals surface area contributed by atoms with E-state index in [0.717, 1.165) is 35.5 Å². The summed E-state index contributed by atoms with van der Waals surface area (Å²) in [6.07, 6.45) is 16.2. The van der Waals surface area contributed by atoms with Crippen molar-refractivity contribution in [1.29, 1.82) is 0 Å². The molecule has 10 nitrogen and oxygen atoms in total. The molecule has 2 N–H and O–H groups in total. The number of pyridine rings is 1. The standard InChI is InChI=1S/C28H28F2N8O2S/c1-28(9-3-5-18(29)14-28)41(39,40)38-17-22(21-8-4-10-33-27(21)38)25-34-15-23(30)26(37-25)36-20-7-2-6-19(13-20)35-24-16-31-11-12-32-24/h3-5,8,10-12,14-17,19-20H,2,6-7,9,13H2,1H3,(H,32,35)(H,34,36,37)/t19-,20+,28?/m1/s1. The van der Waals surface area contributed by atoms with Crippen molar-refractivity contribution in [3.05, 3.63) is 79.2 Å². The van der Waals surface area contributed by atoms with Crippen LogP contribution < -0.4 is 10.6 Å². The minimum Gasteiger partial charge on any atom is -0.366 e. The van der Waals surface area contributed by atoms with Crippen LogP contribution in [0.4, 0.5) is 20.4 Å². The number of nitrogens with zero attached hydrogens (tertiary/aromatic N) is 6. The summed E-state index contributed by atoms with van der Waals surface area (Å²) in [5.41, 5.74) is 0.518. The molecule has 0 bridgehead atoms. The summed E-state index contributed by atoms with van der Waals surface area (Å²) < 4.78 is 56.2.